The molecule has 1 fully saturated rings. The first-order valence-electron chi connectivity index (χ1n) is 11.4. The Labute approximate surface area is 214 Å². The molecule has 4 rings (SSSR count). The molecule has 1 N–H and O–H groups in total. The minimum atomic E-state index is -1.03. The molecule has 1 aliphatic rings. The molecule has 0 spiro atoms. The fourth-order valence-corrected chi connectivity index (χ4v) is 4.44. The minimum Gasteiger partial charge on any atom is -0.494 e. The molecule has 1 aliphatic heterocycles. The predicted molar refractivity (Wildman–Crippen MR) is 135 cm³/mol. The molecule has 0 unspecified atom stereocenters. The van der Waals surface area contributed by atoms with Crippen molar-refractivity contribution in [3.8, 4) is 16.9 Å². The van der Waals surface area contributed by atoms with Crippen LogP contribution in [0, 0.1) is 13.5 Å². The quantitative estimate of drug-likeness (QED) is 0.153. The Kier molecular flexibility index (Phi) is 6.86. The van der Waals surface area contributed by atoms with Crippen LogP contribution in [-0.2, 0) is 4.79 Å². The Balaban J connectivity index is 1.39. The number of hydrogen-bond acceptors (Lipinski definition) is 4. The van der Waals surface area contributed by atoms with Gasteiger partial charge in [0.25, 0.3) is 5.91 Å². The van der Waals surface area contributed by atoms with Gasteiger partial charge in [0.2, 0.25) is 18.1 Å². The number of carbonyl (C=O) groups is 2. The average Bonchev–Trinajstić information content (AvgIpc) is 3.01. The maximum absolute atomic E-state index is 13.2. The summed E-state index contributed by atoms with van der Waals surface area (Å²) in [5, 5.41) is 9.61. The van der Waals surface area contributed by atoms with Gasteiger partial charge in [-0.15, -0.1) is 0 Å². The zero-order chi connectivity index (χ0) is 26.0. The summed E-state index contributed by atoms with van der Waals surface area (Å²) < 4.78 is 6.91. The second-order valence-corrected chi connectivity index (χ2v) is 9.43. The molecule has 36 heavy (non-hydrogen) atoms. The monoisotopic (exact) mass is 505 g/mol. The lowest BCUT2D eigenvalue weighted by molar-refractivity contribution is -0.904. The number of urea groups is 1. The van der Waals surface area contributed by atoms with Gasteiger partial charge in [-0.05, 0) is 68.1 Å². The number of anilines is 1. The molecule has 3 aromatic rings. The van der Waals surface area contributed by atoms with E-state index in [-0.39, 0.29) is 16.6 Å². The Morgan fingerprint density at radius 2 is 1.83 bits per heavy atom. The summed E-state index contributed by atoms with van der Waals surface area (Å²) in [6, 6.07) is 13.6. The second-order valence-electron chi connectivity index (χ2n) is 9.03. The van der Waals surface area contributed by atoms with E-state index in [1.807, 2.05) is 37.3 Å². The van der Waals surface area contributed by atoms with E-state index in [0.29, 0.717) is 31.0 Å². The fraction of sp³-hybridized carbons (Fsp3) is 0.259. The maximum atomic E-state index is 13.2. The molecule has 0 radical (unpaired) electrons. The van der Waals surface area contributed by atoms with Crippen molar-refractivity contribution in [2.45, 2.75) is 32.7 Å². The molecule has 0 atom stereocenters. The van der Waals surface area contributed by atoms with Crippen LogP contribution in [0.1, 0.15) is 25.8 Å². The number of imide groups is 1. The Morgan fingerprint density at radius 3 is 2.47 bits per heavy atom. The van der Waals surface area contributed by atoms with Crippen molar-refractivity contribution in [1.82, 2.24) is 4.90 Å². The number of carbonyl (C=O) groups excluding carboxylic acids is 2. The molecule has 1 saturated heterocycles. The number of aromatic nitrogens is 1. The molecule has 2 aromatic carbocycles. The molecule has 184 valence electrons. The molecular weight excluding hydrogens is 480 g/mol. The van der Waals surface area contributed by atoms with E-state index >= 15 is 0 Å². The van der Waals surface area contributed by atoms with E-state index in [0.717, 1.165) is 26.3 Å². The highest BCUT2D eigenvalue weighted by Gasteiger charge is 2.51. The highest BCUT2D eigenvalue weighted by molar-refractivity contribution is 6.34. The molecule has 0 bridgehead atoms. The highest BCUT2D eigenvalue weighted by Crippen LogP contribution is 2.36. The molecule has 0 aliphatic carbocycles. The van der Waals surface area contributed by atoms with Gasteiger partial charge >= 0.3 is 6.03 Å². The molecule has 9 heteroatoms. The third-order valence-electron chi connectivity index (χ3n) is 6.25. The topological polar surface area (TPSA) is 78.3 Å². The number of nitrogens with zero attached hydrogens (tertiary/aromatic N) is 4. The van der Waals surface area contributed by atoms with Crippen molar-refractivity contribution in [3.63, 3.8) is 0 Å². The lowest BCUT2D eigenvalue weighted by Gasteiger charge is -2.27. The standard InChI is InChI=1S/C27H26ClN4O4/c1-18-16-21(7-8-22(18)19-10-13-30(35)14-11-19)36-15-5-12-31-26(34)32(25(33)27(31,2)3)20-6-9-24(29-4)23(28)17-20/h6-11,13-14,16-17,35H,5,12,15H2,1-3H3/q+1. The van der Waals surface area contributed by atoms with E-state index in [9.17, 15) is 14.8 Å². The number of rotatable bonds is 7. The number of aryl methyl sites for hydroxylation is 1. The number of amides is 3. The van der Waals surface area contributed by atoms with Crippen LogP contribution in [0.2, 0.25) is 5.02 Å². The Bertz CT molecular complexity index is 1370. The van der Waals surface area contributed by atoms with Gasteiger partial charge in [0.05, 0.1) is 18.9 Å². The summed E-state index contributed by atoms with van der Waals surface area (Å²) in [4.78, 5) is 32.2. The first kappa shape index (κ1) is 25.0. The smallest absolute Gasteiger partial charge is 0.332 e. The van der Waals surface area contributed by atoms with Gasteiger partial charge in [0, 0.05) is 28.4 Å². The average molecular weight is 506 g/mol. The van der Waals surface area contributed by atoms with Crippen LogP contribution in [0.15, 0.2) is 60.9 Å². The SMILES string of the molecule is [C-]#[N+]c1ccc(N2C(=O)N(CCCOc3ccc(-c4cc[n+](O)cc4)c(C)c3)C(C)(C)C2=O)cc1Cl. The maximum Gasteiger partial charge on any atom is 0.332 e. The first-order valence-corrected chi connectivity index (χ1v) is 11.8. The van der Waals surface area contributed by atoms with Crippen LogP contribution in [-0.4, -0.2) is 40.7 Å². The first-order chi connectivity index (χ1) is 17.1. The fourth-order valence-electron chi connectivity index (χ4n) is 4.22. The summed E-state index contributed by atoms with van der Waals surface area (Å²) in [7, 11) is 0. The number of pyridine rings is 1. The zero-order valence-corrected chi connectivity index (χ0v) is 21.0. The highest BCUT2D eigenvalue weighted by atomic mass is 35.5. The molecular formula is C27H26ClN4O4+. The summed E-state index contributed by atoms with van der Waals surface area (Å²) in [6.45, 7) is 13.3. The second kappa shape index (κ2) is 9.88. The summed E-state index contributed by atoms with van der Waals surface area (Å²) in [5.74, 6) is 0.363. The molecule has 0 saturated carbocycles. The van der Waals surface area contributed by atoms with Crippen molar-refractivity contribution < 1.29 is 24.3 Å². The van der Waals surface area contributed by atoms with E-state index < -0.39 is 11.6 Å². The van der Waals surface area contributed by atoms with Gasteiger partial charge in [-0.1, -0.05) is 23.7 Å². The van der Waals surface area contributed by atoms with Crippen molar-refractivity contribution in [1.29, 1.82) is 0 Å². The largest absolute Gasteiger partial charge is 0.494 e. The van der Waals surface area contributed by atoms with E-state index in [4.69, 9.17) is 22.9 Å². The van der Waals surface area contributed by atoms with Crippen LogP contribution < -0.4 is 14.4 Å². The number of hydrogen-bond donors (Lipinski definition) is 1. The van der Waals surface area contributed by atoms with Gasteiger partial charge in [-0.3, -0.25) is 10.0 Å². The summed E-state index contributed by atoms with van der Waals surface area (Å²) in [5.41, 5.74) is 2.63. The van der Waals surface area contributed by atoms with Crippen molar-refractivity contribution in [2.75, 3.05) is 18.1 Å². The van der Waals surface area contributed by atoms with Gasteiger partial charge in [-0.25, -0.2) is 14.5 Å². The molecule has 1 aromatic heterocycles. The zero-order valence-electron chi connectivity index (χ0n) is 20.2. The van der Waals surface area contributed by atoms with Crippen LogP contribution in [0.25, 0.3) is 16.0 Å². The van der Waals surface area contributed by atoms with Gasteiger partial charge in [0.15, 0.2) is 0 Å². The number of ether oxygens (including phenoxy) is 1. The van der Waals surface area contributed by atoms with E-state index in [1.54, 1.807) is 32.3 Å². The molecule has 2 heterocycles. The normalized spacial score (nSPS) is 14.8. The number of benzene rings is 2. The van der Waals surface area contributed by atoms with E-state index in [2.05, 4.69) is 4.85 Å². The van der Waals surface area contributed by atoms with Crippen LogP contribution in [0.5, 0.6) is 5.75 Å². The van der Waals surface area contributed by atoms with E-state index in [1.165, 1.54) is 17.0 Å². The van der Waals surface area contributed by atoms with Gasteiger partial charge < -0.3 is 9.64 Å². The molecule has 8 nitrogen and oxygen atoms in total. The minimum absolute atomic E-state index is 0.193. The van der Waals surface area contributed by atoms with Crippen molar-refractivity contribution in [2.24, 2.45) is 0 Å². The van der Waals surface area contributed by atoms with Gasteiger partial charge in [0.1, 0.15) is 11.3 Å². The van der Waals surface area contributed by atoms with Crippen molar-refractivity contribution >= 4 is 34.9 Å². The van der Waals surface area contributed by atoms with Crippen LogP contribution in [0.4, 0.5) is 16.2 Å². The third kappa shape index (κ3) is 4.70. The summed E-state index contributed by atoms with van der Waals surface area (Å²) >= 11 is 6.13. The predicted octanol–water partition coefficient (Wildman–Crippen LogP) is 5.41. The number of halogens is 1. The van der Waals surface area contributed by atoms with Gasteiger partial charge in [-0.2, -0.15) is 0 Å². The summed E-state index contributed by atoms with van der Waals surface area (Å²) in [6.07, 6.45) is 3.68. The third-order valence-corrected chi connectivity index (χ3v) is 6.55. The van der Waals surface area contributed by atoms with Crippen LogP contribution >= 0.6 is 11.6 Å². The lowest BCUT2D eigenvalue weighted by atomic mass is 10.0. The van der Waals surface area contributed by atoms with Crippen molar-refractivity contribution in [3.05, 3.63) is 82.9 Å². The molecule has 3 amide bonds. The lowest BCUT2D eigenvalue weighted by Crippen LogP contribution is -2.44. The Hall–Kier alpha value is -4.09. The van der Waals surface area contributed by atoms with Crippen LogP contribution in [0.3, 0.4) is 0 Å². The Morgan fingerprint density at radius 1 is 1.11 bits per heavy atom.